The van der Waals surface area contributed by atoms with E-state index in [-0.39, 0.29) is 5.41 Å². The zero-order chi connectivity index (χ0) is 19.0. The summed E-state index contributed by atoms with van der Waals surface area (Å²) in [7, 11) is 0. The minimum atomic E-state index is 0.194. The van der Waals surface area contributed by atoms with Crippen molar-refractivity contribution in [2.75, 3.05) is 0 Å². The topological polar surface area (TPSA) is 0 Å². The number of hydrogen-bond donors (Lipinski definition) is 0. The molecule has 0 unspecified atom stereocenters. The first kappa shape index (κ1) is 18.3. The predicted molar refractivity (Wildman–Crippen MR) is 120 cm³/mol. The molecule has 0 bridgehead atoms. The first-order valence-electron chi connectivity index (χ1n) is 9.98. The highest BCUT2D eigenvalue weighted by Gasteiger charge is 2.19. The number of hydrogen-bond acceptors (Lipinski definition) is 1. The number of allylic oxidation sites excluding steroid dienone is 1. The van der Waals surface area contributed by atoms with Crippen LogP contribution in [-0.4, -0.2) is 0 Å². The van der Waals surface area contributed by atoms with Crippen molar-refractivity contribution < 1.29 is 0 Å². The van der Waals surface area contributed by atoms with Gasteiger partial charge in [-0.2, -0.15) is 0 Å². The number of thiophene rings is 1. The molecule has 0 radical (unpaired) electrons. The largest absolute Gasteiger partial charge is 0.141 e. The first-order chi connectivity index (χ1) is 13.0. The minimum absolute atomic E-state index is 0.194. The zero-order valence-electron chi connectivity index (χ0n) is 16.8. The van der Waals surface area contributed by atoms with E-state index in [9.17, 15) is 0 Å². The Labute approximate surface area is 167 Å². The number of benzene rings is 2. The van der Waals surface area contributed by atoms with Crippen molar-refractivity contribution in [3.8, 4) is 11.1 Å². The molecule has 0 spiro atoms. The molecular weight excluding hydrogens is 344 g/mol. The molecule has 27 heavy (non-hydrogen) atoms. The van der Waals surface area contributed by atoms with Gasteiger partial charge in [0.1, 0.15) is 0 Å². The van der Waals surface area contributed by atoms with E-state index in [1.54, 1.807) is 0 Å². The summed E-state index contributed by atoms with van der Waals surface area (Å²) in [5.74, 6) is 0. The molecule has 0 amide bonds. The summed E-state index contributed by atoms with van der Waals surface area (Å²) >= 11 is 1.96. The van der Waals surface area contributed by atoms with E-state index in [1.807, 2.05) is 11.3 Å². The smallest absolute Gasteiger partial charge is 0.0308 e. The average molecular weight is 373 g/mol. The SMILES string of the molecule is CCCc1ccc(C2=Cc3c(cccc3-c3ccc(C(C)(C)C)cc3)C2)s1. The lowest BCUT2D eigenvalue weighted by atomic mass is 9.86. The van der Waals surface area contributed by atoms with Crippen LogP contribution in [0.2, 0.25) is 0 Å². The van der Waals surface area contributed by atoms with Gasteiger partial charge in [-0.25, -0.2) is 0 Å². The monoisotopic (exact) mass is 372 g/mol. The van der Waals surface area contributed by atoms with Gasteiger partial charge in [0.2, 0.25) is 0 Å². The highest BCUT2D eigenvalue weighted by atomic mass is 32.1. The van der Waals surface area contributed by atoms with Gasteiger partial charge in [0.25, 0.3) is 0 Å². The highest BCUT2D eigenvalue weighted by Crippen LogP contribution is 2.40. The number of fused-ring (bicyclic) bond motifs is 1. The first-order valence-corrected chi connectivity index (χ1v) is 10.8. The van der Waals surface area contributed by atoms with Gasteiger partial charge in [0, 0.05) is 9.75 Å². The Morgan fingerprint density at radius 3 is 2.41 bits per heavy atom. The molecule has 1 aliphatic rings. The van der Waals surface area contributed by atoms with Crippen LogP contribution < -0.4 is 0 Å². The van der Waals surface area contributed by atoms with Gasteiger partial charge < -0.3 is 0 Å². The van der Waals surface area contributed by atoms with Crippen LogP contribution in [0.25, 0.3) is 22.8 Å². The van der Waals surface area contributed by atoms with Crippen molar-refractivity contribution >= 4 is 23.0 Å². The van der Waals surface area contributed by atoms with Gasteiger partial charge in [0.05, 0.1) is 0 Å². The minimum Gasteiger partial charge on any atom is -0.141 e. The van der Waals surface area contributed by atoms with Gasteiger partial charge in [-0.1, -0.05) is 76.6 Å². The van der Waals surface area contributed by atoms with E-state index in [0.717, 1.165) is 6.42 Å². The molecule has 0 fully saturated rings. The van der Waals surface area contributed by atoms with Crippen LogP contribution in [0.15, 0.2) is 54.6 Å². The lowest BCUT2D eigenvalue weighted by molar-refractivity contribution is 0.590. The van der Waals surface area contributed by atoms with Gasteiger partial charge >= 0.3 is 0 Å². The predicted octanol–water partition coefficient (Wildman–Crippen LogP) is 7.76. The molecule has 0 aliphatic heterocycles. The summed E-state index contributed by atoms with van der Waals surface area (Å²) in [6.45, 7) is 9.06. The van der Waals surface area contributed by atoms with Gasteiger partial charge in [-0.05, 0) is 69.9 Å². The van der Waals surface area contributed by atoms with Crippen LogP contribution in [-0.2, 0) is 18.3 Å². The van der Waals surface area contributed by atoms with Gasteiger partial charge in [-0.3, -0.25) is 0 Å². The summed E-state index contributed by atoms with van der Waals surface area (Å²) < 4.78 is 0. The summed E-state index contributed by atoms with van der Waals surface area (Å²) in [4.78, 5) is 2.94. The third kappa shape index (κ3) is 3.66. The van der Waals surface area contributed by atoms with Crippen LogP contribution in [0.4, 0.5) is 0 Å². The molecule has 0 saturated carbocycles. The van der Waals surface area contributed by atoms with Crippen molar-refractivity contribution in [3.63, 3.8) is 0 Å². The third-order valence-corrected chi connectivity index (χ3v) is 6.65. The van der Waals surface area contributed by atoms with Crippen LogP contribution in [0.5, 0.6) is 0 Å². The molecule has 0 saturated heterocycles. The second kappa shape index (κ2) is 7.13. The Morgan fingerprint density at radius 1 is 0.926 bits per heavy atom. The Bertz CT molecular complexity index is 978. The van der Waals surface area contributed by atoms with E-state index >= 15 is 0 Å². The van der Waals surface area contributed by atoms with E-state index in [1.165, 1.54) is 56.0 Å². The number of rotatable bonds is 4. The lowest BCUT2D eigenvalue weighted by Crippen LogP contribution is -2.10. The zero-order valence-corrected chi connectivity index (χ0v) is 17.6. The maximum Gasteiger partial charge on any atom is 0.0308 e. The standard InChI is InChI=1S/C26H28S/c1-5-7-22-14-15-25(27-22)20-16-19-8-6-9-23(24(19)17-20)18-10-12-21(13-11-18)26(2,3)4/h6,8-15,17H,5,7,16H2,1-4H3. The molecule has 1 heterocycles. The fraction of sp³-hybridized carbons (Fsp3) is 0.308. The van der Waals surface area contributed by atoms with E-state index in [4.69, 9.17) is 0 Å². The second-order valence-corrected chi connectivity index (χ2v) is 9.74. The Morgan fingerprint density at radius 2 is 1.70 bits per heavy atom. The number of aryl methyl sites for hydroxylation is 1. The quantitative estimate of drug-likeness (QED) is 0.439. The van der Waals surface area contributed by atoms with Crippen molar-refractivity contribution in [1.82, 2.24) is 0 Å². The summed E-state index contributed by atoms with van der Waals surface area (Å²) in [6.07, 6.45) is 5.88. The Kier molecular flexibility index (Phi) is 4.82. The fourth-order valence-corrected chi connectivity index (χ4v) is 4.98. The fourth-order valence-electron chi connectivity index (χ4n) is 3.86. The molecule has 0 atom stereocenters. The summed E-state index contributed by atoms with van der Waals surface area (Å²) in [6, 6.07) is 20.5. The van der Waals surface area contributed by atoms with Crippen LogP contribution in [0.1, 0.15) is 60.6 Å². The third-order valence-electron chi connectivity index (χ3n) is 5.43. The molecule has 2 aromatic carbocycles. The van der Waals surface area contributed by atoms with E-state index in [2.05, 4.69) is 88.4 Å². The lowest BCUT2D eigenvalue weighted by Gasteiger charge is -2.19. The van der Waals surface area contributed by atoms with Gasteiger partial charge in [-0.15, -0.1) is 11.3 Å². The maximum absolute atomic E-state index is 2.42. The van der Waals surface area contributed by atoms with Crippen molar-refractivity contribution in [2.24, 2.45) is 0 Å². The summed E-state index contributed by atoms with van der Waals surface area (Å²) in [5, 5.41) is 0. The molecule has 1 aliphatic carbocycles. The highest BCUT2D eigenvalue weighted by molar-refractivity contribution is 7.13. The van der Waals surface area contributed by atoms with Crippen molar-refractivity contribution in [1.29, 1.82) is 0 Å². The molecule has 1 aromatic heterocycles. The average Bonchev–Trinajstić information content (AvgIpc) is 3.27. The van der Waals surface area contributed by atoms with E-state index in [0.29, 0.717) is 0 Å². The second-order valence-electron chi connectivity index (χ2n) is 8.57. The molecular formula is C26H28S. The molecule has 0 N–H and O–H groups in total. The Hall–Kier alpha value is -2.12. The normalized spacial score (nSPS) is 13.6. The van der Waals surface area contributed by atoms with Crippen molar-refractivity contribution in [2.45, 2.75) is 52.4 Å². The molecule has 1 heteroatoms. The van der Waals surface area contributed by atoms with Crippen LogP contribution in [0, 0.1) is 0 Å². The molecule has 3 aromatic rings. The molecule has 138 valence electrons. The van der Waals surface area contributed by atoms with E-state index < -0.39 is 0 Å². The molecule has 4 rings (SSSR count). The maximum atomic E-state index is 2.42. The molecule has 0 nitrogen and oxygen atoms in total. The Balaban J connectivity index is 1.68. The van der Waals surface area contributed by atoms with Crippen LogP contribution >= 0.6 is 11.3 Å². The van der Waals surface area contributed by atoms with Crippen molar-refractivity contribution in [3.05, 3.63) is 81.0 Å². The summed E-state index contributed by atoms with van der Waals surface area (Å²) in [5.41, 5.74) is 8.57. The van der Waals surface area contributed by atoms with Gasteiger partial charge in [0.15, 0.2) is 0 Å². The van der Waals surface area contributed by atoms with Crippen LogP contribution in [0.3, 0.4) is 0 Å².